The summed E-state index contributed by atoms with van der Waals surface area (Å²) in [4.78, 5) is 23.7. The Morgan fingerprint density at radius 3 is 2.65 bits per heavy atom. The lowest BCUT2D eigenvalue weighted by molar-refractivity contribution is 0.102. The van der Waals surface area contributed by atoms with Crippen LogP contribution in [0.3, 0.4) is 0 Å². The number of amides is 1. The van der Waals surface area contributed by atoms with Crippen molar-refractivity contribution < 1.29 is 18.7 Å². The van der Waals surface area contributed by atoms with Gasteiger partial charge in [0.15, 0.2) is 0 Å². The molecule has 0 fully saturated rings. The molecule has 0 aliphatic carbocycles. The number of benzene rings is 1. The number of anilines is 1. The van der Waals surface area contributed by atoms with Crippen molar-refractivity contribution in [3.63, 3.8) is 0 Å². The third kappa shape index (κ3) is 2.59. The van der Waals surface area contributed by atoms with Crippen LogP contribution >= 0.6 is 0 Å². The quantitative estimate of drug-likeness (QED) is 0.912. The predicted octanol–water partition coefficient (Wildman–Crippen LogP) is 2.59. The molecule has 8 heteroatoms. The first-order chi connectivity index (χ1) is 12.6. The smallest absolute Gasteiger partial charge is 0.260 e. The van der Waals surface area contributed by atoms with Gasteiger partial charge in [-0.15, -0.1) is 0 Å². The molecule has 0 spiro atoms. The summed E-state index contributed by atoms with van der Waals surface area (Å²) in [7, 11) is 3.11. The molecular formula is C18H18N4O4. The molecule has 8 nitrogen and oxygen atoms in total. The van der Waals surface area contributed by atoms with Crippen LogP contribution < -0.4 is 14.8 Å². The molecule has 2 aliphatic rings. The number of nitrogens with zero attached hydrogens (tertiary/aromatic N) is 3. The van der Waals surface area contributed by atoms with Crippen LogP contribution in [-0.4, -0.2) is 50.3 Å². The van der Waals surface area contributed by atoms with Crippen molar-refractivity contribution in [1.82, 2.24) is 4.90 Å². The molecule has 1 N–H and O–H groups in total. The van der Waals surface area contributed by atoms with Gasteiger partial charge in [0.1, 0.15) is 29.4 Å². The van der Waals surface area contributed by atoms with Gasteiger partial charge < -0.3 is 24.1 Å². The van der Waals surface area contributed by atoms with Gasteiger partial charge in [0.05, 0.1) is 31.9 Å². The fourth-order valence-electron chi connectivity index (χ4n) is 3.09. The molecular weight excluding hydrogens is 336 g/mol. The van der Waals surface area contributed by atoms with Crippen molar-refractivity contribution in [2.45, 2.75) is 6.92 Å². The number of rotatable bonds is 4. The van der Waals surface area contributed by atoms with E-state index >= 15 is 0 Å². The molecule has 2 aromatic rings. The molecule has 1 amide bonds. The third-order valence-electron chi connectivity index (χ3n) is 4.31. The Morgan fingerprint density at radius 1 is 1.23 bits per heavy atom. The summed E-state index contributed by atoms with van der Waals surface area (Å²) in [5.41, 5.74) is 1.63. The molecule has 134 valence electrons. The summed E-state index contributed by atoms with van der Waals surface area (Å²) in [6.45, 7) is 3.16. The van der Waals surface area contributed by atoms with Crippen LogP contribution in [0.1, 0.15) is 21.7 Å². The monoisotopic (exact) mass is 354 g/mol. The first-order valence-electron chi connectivity index (χ1n) is 8.14. The molecule has 0 saturated carbocycles. The zero-order chi connectivity index (χ0) is 18.3. The number of methoxy groups -OCH3 is 2. The zero-order valence-electron chi connectivity index (χ0n) is 14.7. The highest BCUT2D eigenvalue weighted by Crippen LogP contribution is 2.35. The molecule has 26 heavy (non-hydrogen) atoms. The standard InChI is InChI=1S/C18H18N4O4/c1-10-14(15-16-19-4-5-22(16)9-20-18(15)26-10)17(23)21-11-6-12(24-2)8-13(7-11)25-3/h6-9H,4-5H2,1-3H3,(H,21,23). The van der Waals surface area contributed by atoms with Crippen LogP contribution in [-0.2, 0) is 0 Å². The van der Waals surface area contributed by atoms with E-state index in [1.54, 1.807) is 45.7 Å². The number of hydrogen-bond donors (Lipinski definition) is 1. The van der Waals surface area contributed by atoms with Crippen molar-refractivity contribution in [3.05, 3.63) is 35.1 Å². The van der Waals surface area contributed by atoms with E-state index in [4.69, 9.17) is 13.9 Å². The van der Waals surface area contributed by atoms with E-state index in [-0.39, 0.29) is 5.91 Å². The van der Waals surface area contributed by atoms with Crippen molar-refractivity contribution in [2.75, 3.05) is 32.6 Å². The highest BCUT2D eigenvalue weighted by Gasteiger charge is 2.33. The second kappa shape index (κ2) is 6.21. The second-order valence-corrected chi connectivity index (χ2v) is 5.91. The van der Waals surface area contributed by atoms with Gasteiger partial charge in [0, 0.05) is 30.4 Å². The third-order valence-corrected chi connectivity index (χ3v) is 4.31. The van der Waals surface area contributed by atoms with Crippen LogP contribution in [0.4, 0.5) is 11.6 Å². The van der Waals surface area contributed by atoms with Gasteiger partial charge >= 0.3 is 0 Å². The van der Waals surface area contributed by atoms with Crippen molar-refractivity contribution in [1.29, 1.82) is 0 Å². The number of ether oxygens (including phenoxy) is 2. The van der Waals surface area contributed by atoms with E-state index in [2.05, 4.69) is 15.3 Å². The van der Waals surface area contributed by atoms with E-state index < -0.39 is 0 Å². The summed E-state index contributed by atoms with van der Waals surface area (Å²) in [6.07, 6.45) is 1.69. The maximum absolute atomic E-state index is 13.0. The van der Waals surface area contributed by atoms with Gasteiger partial charge in [0.25, 0.3) is 5.91 Å². The Balaban J connectivity index is 1.71. The maximum atomic E-state index is 13.0. The fourth-order valence-corrected chi connectivity index (χ4v) is 3.09. The molecule has 1 aromatic heterocycles. The first-order valence-corrected chi connectivity index (χ1v) is 8.14. The summed E-state index contributed by atoms with van der Waals surface area (Å²) >= 11 is 0. The summed E-state index contributed by atoms with van der Waals surface area (Å²) < 4.78 is 16.2. The first kappa shape index (κ1) is 16.2. The lowest BCUT2D eigenvalue weighted by Crippen LogP contribution is -2.30. The Hall–Kier alpha value is -3.29. The number of aryl methyl sites for hydroxylation is 1. The van der Waals surface area contributed by atoms with Gasteiger partial charge in [-0.1, -0.05) is 0 Å². The van der Waals surface area contributed by atoms with Gasteiger partial charge in [-0.05, 0) is 6.92 Å². The Bertz CT molecular complexity index is 923. The number of aliphatic imine (C=N–C) groups is 2. The topological polar surface area (TPSA) is 88.7 Å². The highest BCUT2D eigenvalue weighted by atomic mass is 16.5. The van der Waals surface area contributed by atoms with Gasteiger partial charge in [0.2, 0.25) is 5.88 Å². The van der Waals surface area contributed by atoms with E-state index in [0.29, 0.717) is 46.5 Å². The number of nitrogens with one attached hydrogen (secondary N) is 1. The van der Waals surface area contributed by atoms with Crippen LogP contribution in [0.15, 0.2) is 32.6 Å². The molecule has 1 aromatic carbocycles. The largest absolute Gasteiger partial charge is 0.497 e. The summed E-state index contributed by atoms with van der Waals surface area (Å²) in [5, 5.41) is 2.88. The van der Waals surface area contributed by atoms with E-state index in [1.807, 2.05) is 4.90 Å². The second-order valence-electron chi connectivity index (χ2n) is 5.91. The van der Waals surface area contributed by atoms with Crippen molar-refractivity contribution >= 4 is 29.7 Å². The molecule has 0 atom stereocenters. The Kier molecular flexibility index (Phi) is 3.87. The molecule has 0 radical (unpaired) electrons. The molecule has 0 saturated heterocycles. The molecule has 3 heterocycles. The number of carbonyl (C=O) groups is 1. The minimum absolute atomic E-state index is 0.297. The summed E-state index contributed by atoms with van der Waals surface area (Å²) in [6, 6.07) is 5.18. The number of amidine groups is 1. The minimum atomic E-state index is -0.297. The maximum Gasteiger partial charge on any atom is 0.260 e. The van der Waals surface area contributed by atoms with Gasteiger partial charge in [-0.2, -0.15) is 0 Å². The SMILES string of the molecule is COc1cc(NC(=O)c2c(C)oc3c2C2=NCCN2C=N3)cc(OC)c1. The predicted molar refractivity (Wildman–Crippen MR) is 97.2 cm³/mol. The number of carbonyl (C=O) groups excluding carboxylic acids is 1. The number of hydrogen-bond acceptors (Lipinski definition) is 7. The average Bonchev–Trinajstić information content (AvgIpc) is 3.24. The normalized spacial score (nSPS) is 14.6. The highest BCUT2D eigenvalue weighted by molar-refractivity contribution is 6.19. The summed E-state index contributed by atoms with van der Waals surface area (Å²) in [5.74, 6) is 2.50. The lowest BCUT2D eigenvalue weighted by atomic mass is 10.1. The minimum Gasteiger partial charge on any atom is -0.497 e. The number of fused-ring (bicyclic) bond motifs is 3. The van der Waals surface area contributed by atoms with Gasteiger partial charge in [-0.25, -0.2) is 4.99 Å². The van der Waals surface area contributed by atoms with E-state index in [1.165, 1.54) is 0 Å². The molecule has 4 rings (SSSR count). The van der Waals surface area contributed by atoms with Gasteiger partial charge in [-0.3, -0.25) is 9.79 Å². The van der Waals surface area contributed by atoms with Crippen LogP contribution in [0, 0.1) is 6.92 Å². The average molecular weight is 354 g/mol. The van der Waals surface area contributed by atoms with Crippen molar-refractivity contribution in [3.8, 4) is 11.5 Å². The Morgan fingerprint density at radius 2 is 1.96 bits per heavy atom. The van der Waals surface area contributed by atoms with Crippen molar-refractivity contribution in [2.24, 2.45) is 9.98 Å². The lowest BCUT2D eigenvalue weighted by Gasteiger charge is -2.18. The van der Waals surface area contributed by atoms with Crippen LogP contribution in [0.5, 0.6) is 11.5 Å². The fraction of sp³-hybridized carbons (Fsp3) is 0.278. The molecule has 0 bridgehead atoms. The Labute approximate surface area is 150 Å². The van der Waals surface area contributed by atoms with Crippen LogP contribution in [0.25, 0.3) is 0 Å². The molecule has 2 aliphatic heterocycles. The zero-order valence-corrected chi connectivity index (χ0v) is 14.7. The van der Waals surface area contributed by atoms with E-state index in [9.17, 15) is 4.79 Å². The van der Waals surface area contributed by atoms with E-state index in [0.717, 1.165) is 12.4 Å². The van der Waals surface area contributed by atoms with Crippen LogP contribution in [0.2, 0.25) is 0 Å². The molecule has 0 unspecified atom stereocenters. The number of furan rings is 1.